The van der Waals surface area contributed by atoms with Crippen LogP contribution in [0.15, 0.2) is 82.7 Å². The Labute approximate surface area is 645 Å². The van der Waals surface area contributed by atoms with Gasteiger partial charge in [0.15, 0.2) is 0 Å². The fraction of sp³-hybridized carbons (Fsp3) is 0.590. The summed E-state index contributed by atoms with van der Waals surface area (Å²) >= 11 is 6.65. The molecule has 0 bridgehead atoms. The minimum Gasteiger partial charge on any atom is -0.481 e. The molecule has 0 spiro atoms. The van der Waals surface area contributed by atoms with Gasteiger partial charge in [-0.25, -0.2) is 9.48 Å². The maximum Gasteiger partial charge on any atom is 0.333 e. The fourth-order valence-corrected chi connectivity index (χ4v) is 15.1. The van der Waals surface area contributed by atoms with Crippen LogP contribution in [0.2, 0.25) is 0 Å². The number of aromatic nitrogens is 3. The number of aryl methyl sites for hydroxylation is 1. The van der Waals surface area contributed by atoms with Crippen LogP contribution in [0.1, 0.15) is 177 Å². The summed E-state index contributed by atoms with van der Waals surface area (Å²) in [5, 5.41) is 38.8. The molecular weight excluding hydrogens is 1430 g/mol. The van der Waals surface area contributed by atoms with Gasteiger partial charge < -0.3 is 40.1 Å². The summed E-state index contributed by atoms with van der Waals surface area (Å²) in [7, 11) is 0. The molecule has 2 aromatic carbocycles. The van der Waals surface area contributed by atoms with Crippen molar-refractivity contribution in [2.24, 2.45) is 5.11 Å². The highest BCUT2D eigenvalue weighted by Gasteiger charge is 2.29. The van der Waals surface area contributed by atoms with E-state index < -0.39 is 23.9 Å². The standard InChI is InChI=1S/C37H52N6O6S2.C21H26N4O2S.C16H26N2O4S.2C2H6/c1-3-18-41(19-15-31-10-7-22-51-31)30-13-14-32-28(25-30)8-5-11-33(32)49-37(48)27-43-26-29(39-40-43)9-6-12-34(44)38-17-20-42(35(45)4-2)21-24-50-23-16-36(46)47;1-2-11-25(12-10-18-6-4-13-28-18)17-8-9-19-16(14-17)5-3-7-20(19)27-21(26)15-23-24-22;1-3-5-6-7-14(19)17-9-10-18(15(20)4-2)11-13-23-12-8-16(21)22;2*1-2/h5,7-8,10-11,22,26,30H,3-4,6,9,12-21,23-25,27H2,1-2H3,(H,38,44)(H,46,47);3-7,13,17H,2,8-12,14-15H2,1H3;1H,4-13H2,2H3,(H,17,19)(H,21,22);2*1-2H3. The number of terminal acetylenes is 1. The van der Waals surface area contributed by atoms with Crippen LogP contribution < -0.4 is 20.1 Å². The molecular formula is C78H116N12O12S4. The summed E-state index contributed by atoms with van der Waals surface area (Å²) < 4.78 is 12.8. The molecule has 2 atom stereocenters. The Morgan fingerprint density at radius 3 is 1.55 bits per heavy atom. The number of benzene rings is 2. The van der Waals surface area contributed by atoms with E-state index in [0.29, 0.717) is 143 Å². The first-order valence-corrected chi connectivity index (χ1v) is 41.7. The molecule has 2 aliphatic carbocycles. The number of carboxylic acid groups (broad SMARTS) is 2. The van der Waals surface area contributed by atoms with Gasteiger partial charge in [0.25, 0.3) is 0 Å². The van der Waals surface area contributed by atoms with E-state index in [4.69, 9.17) is 31.6 Å². The number of hydrogen-bond donors (Lipinski definition) is 4. The van der Waals surface area contributed by atoms with E-state index in [1.165, 1.54) is 49.1 Å². The van der Waals surface area contributed by atoms with Crippen LogP contribution in [0.5, 0.6) is 11.5 Å². The lowest BCUT2D eigenvalue weighted by atomic mass is 9.86. The van der Waals surface area contributed by atoms with Crippen LogP contribution in [-0.4, -0.2) is 199 Å². The van der Waals surface area contributed by atoms with Crippen molar-refractivity contribution in [1.29, 1.82) is 0 Å². The molecule has 2 unspecified atom stereocenters. The number of carboxylic acids is 2. The summed E-state index contributed by atoms with van der Waals surface area (Å²) in [6, 6.07) is 21.5. The number of esters is 2. The number of azide groups is 1. The largest absolute Gasteiger partial charge is 0.481 e. The van der Waals surface area contributed by atoms with Gasteiger partial charge in [0.2, 0.25) is 23.6 Å². The Balaban J connectivity index is 0.000000446. The maximum atomic E-state index is 12.9. The predicted molar refractivity (Wildman–Crippen MR) is 427 cm³/mol. The molecule has 2 aliphatic rings. The second-order valence-corrected chi connectivity index (χ2v) is 29.2. The van der Waals surface area contributed by atoms with Crippen molar-refractivity contribution >= 4 is 93.7 Å². The molecule has 24 nitrogen and oxygen atoms in total. The molecule has 0 saturated carbocycles. The van der Waals surface area contributed by atoms with E-state index in [-0.39, 0.29) is 49.6 Å². The topological polar surface area (TPSA) is 312 Å². The third kappa shape index (κ3) is 37.7. The molecule has 3 heterocycles. The summed E-state index contributed by atoms with van der Waals surface area (Å²) in [5.41, 5.74) is 13.8. The summed E-state index contributed by atoms with van der Waals surface area (Å²) in [6.45, 7) is 22.7. The number of nitrogens with zero attached hydrogens (tertiary/aromatic N) is 10. The Hall–Kier alpha value is -7.77. The van der Waals surface area contributed by atoms with E-state index in [0.717, 1.165) is 102 Å². The first kappa shape index (κ1) is 92.4. The second kappa shape index (κ2) is 56.5. The average Bonchev–Trinajstić information content (AvgIpc) is 0.847. The molecule has 106 heavy (non-hydrogen) atoms. The third-order valence-corrected chi connectivity index (χ3v) is 20.9. The van der Waals surface area contributed by atoms with Crippen molar-refractivity contribution < 1.29 is 58.0 Å². The van der Waals surface area contributed by atoms with Gasteiger partial charge in [-0.1, -0.05) is 102 Å². The number of fused-ring (bicyclic) bond motifs is 2. The second-order valence-electron chi connectivity index (χ2n) is 24.6. The van der Waals surface area contributed by atoms with E-state index in [1.54, 1.807) is 29.8 Å². The summed E-state index contributed by atoms with van der Waals surface area (Å²) in [5.74, 6) is 3.40. The number of unbranched alkanes of at least 4 members (excludes halogenated alkanes) is 1. The van der Waals surface area contributed by atoms with Gasteiger partial charge in [0.05, 0.1) is 18.5 Å². The predicted octanol–water partition coefficient (Wildman–Crippen LogP) is 12.8. The van der Waals surface area contributed by atoms with Crippen LogP contribution in [0.3, 0.4) is 0 Å². The number of thiophene rings is 2. The molecule has 3 aromatic heterocycles. The number of hydrogen-bond acceptors (Lipinski definition) is 19. The number of carbonyl (C=O) groups excluding carboxylic acids is 6. The summed E-state index contributed by atoms with van der Waals surface area (Å²) in [4.78, 5) is 108. The van der Waals surface area contributed by atoms with Crippen molar-refractivity contribution in [3.8, 4) is 23.8 Å². The van der Waals surface area contributed by atoms with Crippen molar-refractivity contribution in [3.05, 3.63) is 126 Å². The number of carbonyl (C=O) groups is 8. The van der Waals surface area contributed by atoms with Gasteiger partial charge in [-0.2, -0.15) is 23.5 Å². The van der Waals surface area contributed by atoms with E-state index in [2.05, 4.69) is 108 Å². The molecule has 28 heteroatoms. The van der Waals surface area contributed by atoms with Crippen molar-refractivity contribution in [2.75, 3.05) is 95.0 Å². The first-order chi connectivity index (χ1) is 51.5. The smallest absolute Gasteiger partial charge is 0.333 e. The lowest BCUT2D eigenvalue weighted by molar-refractivity contribution is -0.137. The van der Waals surface area contributed by atoms with Gasteiger partial charge in [-0.3, -0.25) is 43.4 Å². The van der Waals surface area contributed by atoms with Gasteiger partial charge in [-0.15, -0.1) is 40.1 Å². The highest BCUT2D eigenvalue weighted by molar-refractivity contribution is 7.99. The van der Waals surface area contributed by atoms with Gasteiger partial charge >= 0.3 is 23.9 Å². The number of nitrogens with one attached hydrogen (secondary N) is 2. The number of aliphatic carboxylic acids is 2. The minimum absolute atomic E-state index is 0.00156. The molecule has 7 rings (SSSR count). The van der Waals surface area contributed by atoms with Crippen LogP contribution in [0.25, 0.3) is 10.4 Å². The molecule has 0 fully saturated rings. The molecule has 0 radical (unpaired) electrons. The average molecular weight is 1540 g/mol. The molecule has 0 saturated heterocycles. The zero-order chi connectivity index (χ0) is 77.7. The Kier molecular flexibility index (Phi) is 49.3. The van der Waals surface area contributed by atoms with Gasteiger partial charge in [0.1, 0.15) is 24.6 Å². The normalized spacial score (nSPS) is 13.1. The molecule has 4 amide bonds. The summed E-state index contributed by atoms with van der Waals surface area (Å²) in [6.07, 6.45) is 21.1. The van der Waals surface area contributed by atoms with Crippen LogP contribution in [0.4, 0.5) is 0 Å². The lowest BCUT2D eigenvalue weighted by Crippen LogP contribution is -2.41. The van der Waals surface area contributed by atoms with Crippen LogP contribution >= 0.6 is 46.2 Å². The van der Waals surface area contributed by atoms with Crippen LogP contribution in [-0.2, 0) is 89.8 Å². The van der Waals surface area contributed by atoms with E-state index >= 15 is 0 Å². The Morgan fingerprint density at radius 2 is 1.11 bits per heavy atom. The maximum absolute atomic E-state index is 12.9. The number of thioether (sulfide) groups is 2. The third-order valence-electron chi connectivity index (χ3n) is 17.1. The van der Waals surface area contributed by atoms with Crippen molar-refractivity contribution in [2.45, 2.75) is 202 Å². The minimum atomic E-state index is -0.832. The lowest BCUT2D eigenvalue weighted by Gasteiger charge is -2.35. The quantitative estimate of drug-likeness (QED) is 0.00535. The van der Waals surface area contributed by atoms with Gasteiger partial charge in [0, 0.05) is 140 Å². The Bertz CT molecular complexity index is 3450. The number of rotatable bonds is 45. The molecule has 584 valence electrons. The Morgan fingerprint density at radius 1 is 0.632 bits per heavy atom. The van der Waals surface area contributed by atoms with E-state index in [9.17, 15) is 38.4 Å². The van der Waals surface area contributed by atoms with Crippen molar-refractivity contribution in [1.82, 2.24) is 45.2 Å². The monoisotopic (exact) mass is 1540 g/mol. The molecule has 4 N–H and O–H groups in total. The highest BCUT2D eigenvalue weighted by atomic mass is 32.2. The van der Waals surface area contributed by atoms with Gasteiger partial charge in [-0.05, 0) is 159 Å². The zero-order valence-electron chi connectivity index (χ0n) is 63.8. The molecule has 0 aliphatic heterocycles. The highest BCUT2D eigenvalue weighted by Crippen LogP contribution is 2.34. The first-order valence-electron chi connectivity index (χ1n) is 37.6. The number of ether oxygens (including phenoxy) is 2. The van der Waals surface area contributed by atoms with Crippen LogP contribution in [0, 0.1) is 12.3 Å². The molecule has 5 aromatic rings. The zero-order valence-corrected chi connectivity index (χ0v) is 67.0. The SMILES string of the molecule is C#CCCCC(=O)NCCN(CCSCCC(=O)O)C(=O)CC.CC.CC.CCCN(CCc1cccs1)C1CCc2c(cccc2OC(=O)CN=[N+]=[N-])C1.CCCN(CCc1cccs1)C1CCc2c(cccc2OC(=O)Cn2cc(CCCC(=O)NCCN(CCSCCC(=O)O)C(=O)CC)nn2)C1. The number of amides is 4. The van der Waals surface area contributed by atoms with Crippen molar-refractivity contribution in [3.63, 3.8) is 0 Å². The fourth-order valence-electron chi connectivity index (χ4n) is 12.0. The van der Waals surface area contributed by atoms with E-state index in [1.807, 2.05) is 74.6 Å².